The Kier molecular flexibility index (Phi) is 22.1. The second-order valence-corrected chi connectivity index (χ2v) is 20.2. The number of ether oxygens (including phenoxy) is 3. The summed E-state index contributed by atoms with van der Waals surface area (Å²) >= 11 is 0. The molecular formula is C49H84N9O10+. The van der Waals surface area contributed by atoms with E-state index in [4.69, 9.17) is 14.2 Å². The number of hydrazine groups is 1. The summed E-state index contributed by atoms with van der Waals surface area (Å²) in [6.07, 6.45) is 1.91. The number of amides is 6. The standard InChI is InChI=1S/C49H83N9O10/c1-16-31(4)42(56(13)47(63)41(30(2)3)53-58(65)39-23-19-25-54(39)11)38(66-14)29-40(59)57-26-18-22-37(57)43(67-15)32(5)46(62)55(12)27-24-35-20-17-21-36(28-35)52-45(61)33(6)50-44(60)34(7)51-48(64)68-49(8,9)10/h17,20-21,28,30-34,37-39,41-43H,16,18-19,22-27,29H2,1-15H3,(H3-,50,51,52,53,60,61,64,65)/p+1/t31-,32+,33-,34-,37?,38+,39-,41-,42-,43+/m0/s1. The minimum atomic E-state index is -0.937. The van der Waals surface area contributed by atoms with Crippen molar-refractivity contribution in [2.75, 3.05) is 60.3 Å². The maximum atomic E-state index is 14.3. The Morgan fingerprint density at radius 3 is 2.10 bits per heavy atom. The molecule has 19 heteroatoms. The Balaban J connectivity index is 1.63. The van der Waals surface area contributed by atoms with Crippen LogP contribution in [0.3, 0.4) is 0 Å². The van der Waals surface area contributed by atoms with E-state index >= 15 is 0 Å². The molecule has 0 aromatic heterocycles. The number of carbonyl (C=O) groups excluding carboxylic acids is 6. The number of hydrogen-bond donors (Lipinski definition) is 4. The van der Waals surface area contributed by atoms with Crippen molar-refractivity contribution >= 4 is 41.3 Å². The van der Waals surface area contributed by atoms with E-state index in [1.807, 2.05) is 58.7 Å². The molecule has 0 bridgehead atoms. The number of alkyl carbamates (subject to hydrolysis) is 1. The molecule has 2 heterocycles. The molecule has 3 rings (SSSR count). The zero-order valence-electron chi connectivity index (χ0n) is 43.5. The molecule has 4 N–H and O–H groups in total. The maximum Gasteiger partial charge on any atom is 0.408 e. The first-order valence-corrected chi connectivity index (χ1v) is 24.3. The summed E-state index contributed by atoms with van der Waals surface area (Å²) in [4.78, 5) is 102. The highest BCUT2D eigenvalue weighted by atomic mass is 16.6. The van der Waals surface area contributed by atoms with Crippen LogP contribution in [0.15, 0.2) is 24.3 Å². The number of anilines is 1. The van der Waals surface area contributed by atoms with Gasteiger partial charge in [0, 0.05) is 60.1 Å². The predicted molar refractivity (Wildman–Crippen MR) is 260 cm³/mol. The minimum Gasteiger partial charge on any atom is -0.444 e. The van der Waals surface area contributed by atoms with Gasteiger partial charge in [0.05, 0.1) is 41.5 Å². The molecule has 0 aliphatic carbocycles. The number of rotatable bonds is 24. The van der Waals surface area contributed by atoms with Crippen molar-refractivity contribution in [3.63, 3.8) is 0 Å². The lowest BCUT2D eigenvalue weighted by Crippen LogP contribution is -2.59. The molecule has 6 amide bonds. The molecular weight excluding hydrogens is 875 g/mol. The minimum absolute atomic E-state index is 0.0121. The van der Waals surface area contributed by atoms with Gasteiger partial charge in [-0.05, 0) is 96.9 Å². The van der Waals surface area contributed by atoms with Gasteiger partial charge in [0.15, 0.2) is 6.04 Å². The van der Waals surface area contributed by atoms with Crippen LogP contribution in [0.1, 0.15) is 113 Å². The highest BCUT2D eigenvalue weighted by Crippen LogP contribution is 2.30. The fourth-order valence-electron chi connectivity index (χ4n) is 9.18. The lowest BCUT2D eigenvalue weighted by molar-refractivity contribution is -0.661. The van der Waals surface area contributed by atoms with E-state index in [1.54, 1.807) is 82.8 Å². The van der Waals surface area contributed by atoms with Crippen molar-refractivity contribution in [2.45, 2.75) is 168 Å². The zero-order chi connectivity index (χ0) is 51.2. The topological polar surface area (TPSA) is 211 Å². The number of carbonyl (C=O) groups is 6. The van der Waals surface area contributed by atoms with Gasteiger partial charge >= 0.3 is 6.09 Å². The van der Waals surface area contributed by atoms with Crippen LogP contribution in [0.25, 0.3) is 0 Å². The van der Waals surface area contributed by atoms with Gasteiger partial charge in [-0.15, -0.1) is 5.43 Å². The van der Waals surface area contributed by atoms with Crippen molar-refractivity contribution < 1.29 is 47.8 Å². The Morgan fingerprint density at radius 2 is 1.53 bits per heavy atom. The number of benzene rings is 1. The molecule has 1 unspecified atom stereocenters. The Bertz CT molecular complexity index is 1880. The molecule has 2 aliphatic rings. The third kappa shape index (κ3) is 16.1. The fraction of sp³-hybridized carbons (Fsp3) is 0.755. The summed E-state index contributed by atoms with van der Waals surface area (Å²) in [6, 6.07) is 3.78. The quantitative estimate of drug-likeness (QED) is 0.0844. The van der Waals surface area contributed by atoms with E-state index in [0.29, 0.717) is 38.0 Å². The highest BCUT2D eigenvalue weighted by Gasteiger charge is 2.45. The normalized spacial score (nSPS) is 20.0. The fourth-order valence-corrected chi connectivity index (χ4v) is 9.18. The molecule has 0 spiro atoms. The van der Waals surface area contributed by atoms with E-state index in [9.17, 15) is 33.7 Å². The van der Waals surface area contributed by atoms with Gasteiger partial charge in [-0.25, -0.2) is 9.69 Å². The van der Waals surface area contributed by atoms with Crippen LogP contribution in [0, 0.1) is 22.7 Å². The lowest BCUT2D eigenvalue weighted by Gasteiger charge is -2.40. The van der Waals surface area contributed by atoms with E-state index in [0.717, 1.165) is 36.2 Å². The van der Waals surface area contributed by atoms with Crippen LogP contribution in [-0.2, 0) is 44.6 Å². The van der Waals surface area contributed by atoms with Crippen molar-refractivity contribution in [2.24, 2.45) is 17.8 Å². The van der Waals surface area contributed by atoms with Gasteiger partial charge in [0.25, 0.3) is 12.1 Å². The first-order valence-electron chi connectivity index (χ1n) is 24.3. The van der Waals surface area contributed by atoms with Crippen LogP contribution in [-0.4, -0.2) is 169 Å². The number of nitroso groups, excluding NO2 is 1. The van der Waals surface area contributed by atoms with Crippen molar-refractivity contribution in [1.82, 2.24) is 35.7 Å². The van der Waals surface area contributed by atoms with E-state index in [1.165, 1.54) is 6.92 Å². The second-order valence-electron chi connectivity index (χ2n) is 20.2. The van der Waals surface area contributed by atoms with Crippen molar-refractivity contribution in [3.05, 3.63) is 34.7 Å². The van der Waals surface area contributed by atoms with Gasteiger partial charge in [0.2, 0.25) is 23.6 Å². The van der Waals surface area contributed by atoms with Crippen molar-refractivity contribution in [3.8, 4) is 0 Å². The number of nitrogens with zero attached hydrogens (tertiary/aromatic N) is 5. The largest absolute Gasteiger partial charge is 0.444 e. The van der Waals surface area contributed by atoms with Gasteiger partial charge < -0.3 is 44.9 Å². The monoisotopic (exact) mass is 959 g/mol. The molecule has 0 saturated carbocycles. The average Bonchev–Trinajstić information content (AvgIpc) is 3.95. The molecule has 1 aromatic carbocycles. The highest BCUT2D eigenvalue weighted by molar-refractivity contribution is 5.98. The predicted octanol–water partition coefficient (Wildman–Crippen LogP) is 4.32. The van der Waals surface area contributed by atoms with Crippen LogP contribution < -0.4 is 21.4 Å². The summed E-state index contributed by atoms with van der Waals surface area (Å²) in [5, 5.41) is 7.89. The van der Waals surface area contributed by atoms with Gasteiger partial charge in [-0.3, -0.25) is 24.0 Å². The third-order valence-electron chi connectivity index (χ3n) is 13.4. The molecule has 2 fully saturated rings. The van der Waals surface area contributed by atoms with Gasteiger partial charge in [-0.1, -0.05) is 53.2 Å². The first kappa shape index (κ1) is 57.4. The molecule has 384 valence electrons. The summed E-state index contributed by atoms with van der Waals surface area (Å²) in [5.41, 5.74) is 3.62. The third-order valence-corrected chi connectivity index (χ3v) is 13.4. The molecule has 1 aromatic rings. The lowest BCUT2D eigenvalue weighted by atomic mass is 9.89. The summed E-state index contributed by atoms with van der Waals surface area (Å²) < 4.78 is 17.3. The Morgan fingerprint density at radius 1 is 0.882 bits per heavy atom. The number of methoxy groups -OCH3 is 2. The zero-order valence-corrected chi connectivity index (χ0v) is 43.5. The number of likely N-dealkylation sites (tertiary alicyclic amines) is 2. The number of likely N-dealkylation sites (N-methyl/N-ethyl adjacent to an activating group) is 2. The van der Waals surface area contributed by atoms with Gasteiger partial charge in [-0.2, -0.15) is 0 Å². The van der Waals surface area contributed by atoms with Crippen LogP contribution in [0.5, 0.6) is 0 Å². The number of hydrogen-bond acceptors (Lipinski definition) is 11. The number of nitrogens with one attached hydrogen (secondary N) is 4. The van der Waals surface area contributed by atoms with E-state index < -0.39 is 65.8 Å². The SMILES string of the molecule is CC[C@H](C)[C@@H]([C@@H](CC(=O)N1CCCC1[C@H](OC)[C@@H](C)C(=O)N(C)CCc1cccc(NC(=O)[C@H](C)NC(=O)[C@H](C)NC(=O)OC(C)(C)C)c1)OC)N(C)C(=O)[C@@H](N[N+](=O)[C@H]1CCCN1C)C(C)C. The van der Waals surface area contributed by atoms with Gasteiger partial charge in [0.1, 0.15) is 22.6 Å². The molecule has 2 saturated heterocycles. The molecule has 2 aliphatic heterocycles. The molecule has 10 atom stereocenters. The smallest absolute Gasteiger partial charge is 0.408 e. The van der Waals surface area contributed by atoms with Crippen LogP contribution >= 0.6 is 0 Å². The first-order chi connectivity index (χ1) is 31.8. The average molecular weight is 959 g/mol. The van der Waals surface area contributed by atoms with Crippen LogP contribution in [0.2, 0.25) is 0 Å². The Hall–Kier alpha value is -4.88. The summed E-state index contributed by atoms with van der Waals surface area (Å²) in [7, 11) is 8.48. The molecule has 0 radical (unpaired) electrons. The second kappa shape index (κ2) is 26.2. The maximum absolute atomic E-state index is 14.3. The Labute approximate surface area is 405 Å². The van der Waals surface area contributed by atoms with Crippen molar-refractivity contribution in [1.29, 1.82) is 0 Å². The summed E-state index contributed by atoms with van der Waals surface area (Å²) in [6.45, 7) is 19.6. The van der Waals surface area contributed by atoms with Crippen LogP contribution in [0.4, 0.5) is 10.5 Å². The van der Waals surface area contributed by atoms with E-state index in [-0.39, 0.29) is 48.2 Å². The summed E-state index contributed by atoms with van der Waals surface area (Å²) in [5.74, 6) is -2.35. The molecule has 19 nitrogen and oxygen atoms in total. The molecule has 68 heavy (non-hydrogen) atoms. The van der Waals surface area contributed by atoms with E-state index in [2.05, 4.69) is 21.4 Å².